The zero-order valence-corrected chi connectivity index (χ0v) is 14.3. The Kier molecular flexibility index (Phi) is 5.49. The van der Waals surface area contributed by atoms with E-state index in [2.05, 4.69) is 15.3 Å². The lowest BCUT2D eigenvalue weighted by atomic mass is 10.0. The zero-order valence-electron chi connectivity index (χ0n) is 14.3. The van der Waals surface area contributed by atoms with Crippen LogP contribution in [0.15, 0.2) is 73.2 Å². The number of rotatable bonds is 5. The molecule has 2 heterocycles. The topological polar surface area (TPSA) is 54.9 Å². The van der Waals surface area contributed by atoms with Gasteiger partial charge in [-0.1, -0.05) is 18.2 Å². The number of halogens is 1. The summed E-state index contributed by atoms with van der Waals surface area (Å²) in [5, 5.41) is 2.94. The van der Waals surface area contributed by atoms with Crippen molar-refractivity contribution in [1.82, 2.24) is 15.3 Å². The second kappa shape index (κ2) is 8.16. The third-order valence-electron chi connectivity index (χ3n) is 3.94. The van der Waals surface area contributed by atoms with Crippen molar-refractivity contribution < 1.29 is 9.18 Å². The molecule has 1 amide bonds. The molecule has 0 unspecified atom stereocenters. The SMILES string of the molecule is C[C@H](NC(=O)C=Cc1ccncc1)c1cccc(-c2ccc(F)nc2)c1. The van der Waals surface area contributed by atoms with Gasteiger partial charge in [0.1, 0.15) is 0 Å². The van der Waals surface area contributed by atoms with Crippen molar-refractivity contribution in [1.29, 1.82) is 0 Å². The summed E-state index contributed by atoms with van der Waals surface area (Å²) in [5.74, 6) is -0.685. The fraction of sp³-hybridized carbons (Fsp3) is 0.0952. The van der Waals surface area contributed by atoms with Crippen molar-refractivity contribution >= 4 is 12.0 Å². The molecule has 3 rings (SSSR count). The summed E-state index contributed by atoms with van der Waals surface area (Å²) in [4.78, 5) is 19.7. The molecule has 0 bridgehead atoms. The van der Waals surface area contributed by atoms with Crippen molar-refractivity contribution in [2.24, 2.45) is 0 Å². The number of carbonyl (C=O) groups excluding carboxylic acids is 1. The highest BCUT2D eigenvalue weighted by molar-refractivity contribution is 5.91. The molecule has 130 valence electrons. The molecule has 0 aliphatic carbocycles. The maximum absolute atomic E-state index is 13.0. The van der Waals surface area contributed by atoms with Gasteiger partial charge < -0.3 is 5.32 Å². The molecule has 0 aliphatic heterocycles. The molecule has 0 spiro atoms. The van der Waals surface area contributed by atoms with Crippen LogP contribution in [0.5, 0.6) is 0 Å². The maximum atomic E-state index is 13.0. The molecule has 0 aliphatic rings. The highest BCUT2D eigenvalue weighted by atomic mass is 19.1. The van der Waals surface area contributed by atoms with Crippen LogP contribution < -0.4 is 5.32 Å². The van der Waals surface area contributed by atoms with Gasteiger partial charge in [-0.3, -0.25) is 9.78 Å². The summed E-state index contributed by atoms with van der Waals surface area (Å²) >= 11 is 0. The van der Waals surface area contributed by atoms with Gasteiger partial charge in [0.25, 0.3) is 0 Å². The van der Waals surface area contributed by atoms with E-state index in [9.17, 15) is 9.18 Å². The van der Waals surface area contributed by atoms with Crippen LogP contribution in [0, 0.1) is 5.95 Å². The first kappa shape index (κ1) is 17.5. The van der Waals surface area contributed by atoms with E-state index in [0.717, 1.165) is 22.3 Å². The van der Waals surface area contributed by atoms with E-state index >= 15 is 0 Å². The fourth-order valence-electron chi connectivity index (χ4n) is 2.53. The van der Waals surface area contributed by atoms with Crippen LogP contribution in [-0.4, -0.2) is 15.9 Å². The number of nitrogens with zero attached hydrogens (tertiary/aromatic N) is 2. The summed E-state index contributed by atoms with van der Waals surface area (Å²) in [6, 6.07) is 14.2. The summed E-state index contributed by atoms with van der Waals surface area (Å²) in [5.41, 5.74) is 3.61. The first-order chi connectivity index (χ1) is 12.6. The summed E-state index contributed by atoms with van der Waals surface area (Å²) in [7, 11) is 0. The van der Waals surface area contributed by atoms with Crippen molar-refractivity contribution in [3.8, 4) is 11.1 Å². The van der Waals surface area contributed by atoms with Crippen molar-refractivity contribution in [2.75, 3.05) is 0 Å². The average Bonchev–Trinajstić information content (AvgIpc) is 2.68. The Morgan fingerprint density at radius 1 is 1.12 bits per heavy atom. The van der Waals surface area contributed by atoms with Crippen LogP contribution in [0.3, 0.4) is 0 Å². The van der Waals surface area contributed by atoms with Crippen LogP contribution >= 0.6 is 0 Å². The number of amides is 1. The maximum Gasteiger partial charge on any atom is 0.244 e. The summed E-state index contributed by atoms with van der Waals surface area (Å²) < 4.78 is 13.0. The Bertz CT molecular complexity index is 908. The highest BCUT2D eigenvalue weighted by Crippen LogP contribution is 2.22. The lowest BCUT2D eigenvalue weighted by Gasteiger charge is -2.14. The monoisotopic (exact) mass is 347 g/mol. The molecular formula is C21H18FN3O. The minimum absolute atomic E-state index is 0.169. The molecule has 0 fully saturated rings. The van der Waals surface area contributed by atoms with Gasteiger partial charge in [-0.2, -0.15) is 4.39 Å². The predicted octanol–water partition coefficient (Wildman–Crippen LogP) is 4.17. The predicted molar refractivity (Wildman–Crippen MR) is 99.5 cm³/mol. The third kappa shape index (κ3) is 4.60. The van der Waals surface area contributed by atoms with Crippen molar-refractivity contribution in [3.63, 3.8) is 0 Å². The van der Waals surface area contributed by atoms with Crippen LogP contribution in [0.4, 0.5) is 4.39 Å². The second-order valence-corrected chi connectivity index (χ2v) is 5.84. The number of hydrogen-bond acceptors (Lipinski definition) is 3. The Morgan fingerprint density at radius 3 is 2.65 bits per heavy atom. The summed E-state index contributed by atoms with van der Waals surface area (Å²) in [6.07, 6.45) is 8.09. The van der Waals surface area contributed by atoms with Gasteiger partial charge in [0.2, 0.25) is 11.9 Å². The van der Waals surface area contributed by atoms with E-state index in [-0.39, 0.29) is 11.9 Å². The molecule has 4 nitrogen and oxygen atoms in total. The average molecular weight is 347 g/mol. The van der Waals surface area contributed by atoms with Gasteiger partial charge in [0.05, 0.1) is 6.04 Å². The Labute approximate surface area is 151 Å². The first-order valence-electron chi connectivity index (χ1n) is 8.22. The third-order valence-corrected chi connectivity index (χ3v) is 3.94. The largest absolute Gasteiger partial charge is 0.346 e. The normalized spacial score (nSPS) is 12.1. The molecular weight excluding hydrogens is 329 g/mol. The molecule has 26 heavy (non-hydrogen) atoms. The van der Waals surface area contributed by atoms with Crippen LogP contribution in [0.25, 0.3) is 17.2 Å². The standard InChI is InChI=1S/C21H18FN3O/c1-15(25-21(26)8-5-16-9-11-23-12-10-16)17-3-2-4-18(13-17)19-6-7-20(22)24-14-19/h2-15H,1H3,(H,25,26)/t15-/m0/s1. The Hall–Kier alpha value is -3.34. The number of nitrogens with one attached hydrogen (secondary N) is 1. The number of hydrogen-bond donors (Lipinski definition) is 1. The van der Waals surface area contributed by atoms with Crippen LogP contribution in [0.1, 0.15) is 24.1 Å². The quantitative estimate of drug-likeness (QED) is 0.557. The number of carbonyl (C=O) groups is 1. The first-order valence-corrected chi connectivity index (χ1v) is 8.22. The summed E-state index contributed by atoms with van der Waals surface area (Å²) in [6.45, 7) is 1.92. The van der Waals surface area contributed by atoms with E-state index in [1.807, 2.05) is 43.3 Å². The molecule has 1 atom stereocenters. The van der Waals surface area contributed by atoms with E-state index in [1.54, 1.807) is 24.5 Å². The van der Waals surface area contributed by atoms with Crippen molar-refractivity contribution in [3.05, 3.63) is 90.3 Å². The van der Waals surface area contributed by atoms with E-state index < -0.39 is 5.95 Å². The zero-order chi connectivity index (χ0) is 18.4. The fourth-order valence-corrected chi connectivity index (χ4v) is 2.53. The molecule has 0 saturated heterocycles. The van der Waals surface area contributed by atoms with E-state index in [1.165, 1.54) is 18.3 Å². The lowest BCUT2D eigenvalue weighted by molar-refractivity contribution is -0.117. The highest BCUT2D eigenvalue weighted by Gasteiger charge is 2.09. The Balaban J connectivity index is 1.69. The minimum atomic E-state index is -0.508. The van der Waals surface area contributed by atoms with Gasteiger partial charge >= 0.3 is 0 Å². The second-order valence-electron chi connectivity index (χ2n) is 5.84. The molecule has 1 N–H and O–H groups in total. The molecule has 3 aromatic rings. The molecule has 1 aromatic carbocycles. The van der Waals surface area contributed by atoms with Gasteiger partial charge in [-0.15, -0.1) is 0 Å². The molecule has 0 radical (unpaired) electrons. The number of benzene rings is 1. The lowest BCUT2D eigenvalue weighted by Crippen LogP contribution is -2.24. The van der Waals surface area contributed by atoms with Gasteiger partial charge in [-0.25, -0.2) is 4.98 Å². The van der Waals surface area contributed by atoms with E-state index in [0.29, 0.717) is 0 Å². The Morgan fingerprint density at radius 2 is 1.92 bits per heavy atom. The molecule has 0 saturated carbocycles. The van der Waals surface area contributed by atoms with Crippen LogP contribution in [0.2, 0.25) is 0 Å². The smallest absolute Gasteiger partial charge is 0.244 e. The van der Waals surface area contributed by atoms with Crippen LogP contribution in [-0.2, 0) is 4.79 Å². The minimum Gasteiger partial charge on any atom is -0.346 e. The van der Waals surface area contributed by atoms with Crippen molar-refractivity contribution in [2.45, 2.75) is 13.0 Å². The van der Waals surface area contributed by atoms with Gasteiger partial charge in [-0.05, 0) is 60.0 Å². The van der Waals surface area contributed by atoms with E-state index in [4.69, 9.17) is 0 Å². The molecule has 2 aromatic heterocycles. The number of pyridine rings is 2. The number of aromatic nitrogens is 2. The molecule has 5 heteroatoms. The van der Waals surface area contributed by atoms with Gasteiger partial charge in [0, 0.05) is 30.2 Å². The van der Waals surface area contributed by atoms with Gasteiger partial charge in [0.15, 0.2) is 0 Å².